The second-order valence-electron chi connectivity index (χ2n) is 4.15. The molecule has 0 aliphatic rings. The molecule has 1 heterocycles. The highest BCUT2D eigenvalue weighted by Crippen LogP contribution is 2.28. The van der Waals surface area contributed by atoms with Crippen LogP contribution in [0.4, 0.5) is 0 Å². The summed E-state index contributed by atoms with van der Waals surface area (Å²) in [6.07, 6.45) is 1.94. The molecule has 4 heteroatoms. The lowest BCUT2D eigenvalue weighted by Gasteiger charge is -2.08. The molecule has 17 heavy (non-hydrogen) atoms. The van der Waals surface area contributed by atoms with Crippen molar-refractivity contribution in [2.45, 2.75) is 6.92 Å². The van der Waals surface area contributed by atoms with Gasteiger partial charge < -0.3 is 9.64 Å². The van der Waals surface area contributed by atoms with Crippen molar-refractivity contribution in [3.63, 3.8) is 0 Å². The summed E-state index contributed by atoms with van der Waals surface area (Å²) in [5.74, 6) is 0.800. The van der Waals surface area contributed by atoms with Crippen LogP contribution in [0.2, 0.25) is 0 Å². The summed E-state index contributed by atoms with van der Waals surface area (Å²) >= 11 is 1.65. The van der Waals surface area contributed by atoms with Gasteiger partial charge >= 0.3 is 0 Å². The first-order valence-corrected chi connectivity index (χ1v) is 6.21. The van der Waals surface area contributed by atoms with E-state index >= 15 is 0 Å². The Kier molecular flexibility index (Phi) is 3.33. The predicted octanol–water partition coefficient (Wildman–Crippen LogP) is 3.11. The number of aromatic nitrogens is 1. The zero-order valence-corrected chi connectivity index (χ0v) is 11.3. The van der Waals surface area contributed by atoms with E-state index in [1.165, 1.54) is 10.3 Å². The van der Waals surface area contributed by atoms with Crippen molar-refractivity contribution in [3.8, 4) is 0 Å². The van der Waals surface area contributed by atoms with Crippen LogP contribution in [0.15, 0.2) is 24.4 Å². The van der Waals surface area contributed by atoms with Crippen LogP contribution in [0.25, 0.3) is 16.0 Å². The third-order valence-electron chi connectivity index (χ3n) is 2.35. The van der Waals surface area contributed by atoms with Crippen LogP contribution in [0.1, 0.15) is 10.6 Å². The molecule has 2 rings (SSSR count). The van der Waals surface area contributed by atoms with Gasteiger partial charge in [0.25, 0.3) is 0 Å². The van der Waals surface area contributed by atoms with Crippen LogP contribution in [-0.2, 0) is 4.74 Å². The number of hydrogen-bond acceptors (Lipinski definition) is 4. The molecule has 0 bridgehead atoms. The molecule has 2 aromatic rings. The number of hydrogen-bond donors (Lipinski definition) is 0. The first-order valence-electron chi connectivity index (χ1n) is 5.40. The third kappa shape index (κ3) is 2.58. The zero-order chi connectivity index (χ0) is 12.4. The smallest absolute Gasteiger partial charge is 0.170 e. The summed E-state index contributed by atoms with van der Waals surface area (Å²) in [6, 6.07) is 6.31. The van der Waals surface area contributed by atoms with Crippen LogP contribution in [-0.4, -0.2) is 31.1 Å². The minimum atomic E-state index is 0.800. The fraction of sp³-hybridized carbons (Fsp3) is 0.308. The molecule has 0 fully saturated rings. The average molecular weight is 248 g/mol. The molecule has 0 amide bonds. The van der Waals surface area contributed by atoms with Gasteiger partial charge in [-0.25, -0.2) is 4.98 Å². The molecule has 0 aliphatic heterocycles. The van der Waals surface area contributed by atoms with Crippen molar-refractivity contribution < 1.29 is 4.74 Å². The van der Waals surface area contributed by atoms with Gasteiger partial charge in [0.05, 0.1) is 17.3 Å². The lowest BCUT2D eigenvalue weighted by molar-refractivity contribution is 0.360. The molecule has 1 aromatic carbocycles. The van der Waals surface area contributed by atoms with Crippen LogP contribution in [0.3, 0.4) is 0 Å². The SMILES string of the molecule is CO/C(=C/N(C)C)c1nc2cc(C)ccc2s1. The number of nitrogens with zero attached hydrogens (tertiary/aromatic N) is 2. The standard InChI is InChI=1S/C13H16N2OS/c1-9-5-6-12-10(7-9)14-13(17-12)11(16-4)8-15(2)3/h5-8H,1-4H3/b11-8+. The minimum Gasteiger partial charge on any atom is -0.492 e. The van der Waals surface area contributed by atoms with Crippen molar-refractivity contribution in [1.29, 1.82) is 0 Å². The maximum atomic E-state index is 5.37. The Bertz CT molecular complexity index is 558. The van der Waals surface area contributed by atoms with Crippen LogP contribution >= 0.6 is 11.3 Å². The maximum absolute atomic E-state index is 5.37. The van der Waals surface area contributed by atoms with E-state index in [0.29, 0.717) is 0 Å². The van der Waals surface area contributed by atoms with Gasteiger partial charge in [-0.3, -0.25) is 0 Å². The molecule has 1 aromatic heterocycles. The summed E-state index contributed by atoms with van der Waals surface area (Å²) in [4.78, 5) is 6.55. The Hall–Kier alpha value is -1.55. The molecule has 3 nitrogen and oxygen atoms in total. The van der Waals surface area contributed by atoms with Gasteiger partial charge in [0, 0.05) is 20.3 Å². The molecule has 0 atom stereocenters. The highest BCUT2D eigenvalue weighted by atomic mass is 32.1. The highest BCUT2D eigenvalue weighted by Gasteiger charge is 2.09. The molecule has 0 radical (unpaired) electrons. The molecular weight excluding hydrogens is 232 g/mol. The number of aryl methyl sites for hydroxylation is 1. The fourth-order valence-electron chi connectivity index (χ4n) is 1.57. The van der Waals surface area contributed by atoms with E-state index in [1.807, 2.05) is 25.2 Å². The summed E-state index contributed by atoms with van der Waals surface area (Å²) in [5, 5.41) is 0.918. The minimum absolute atomic E-state index is 0.800. The number of fused-ring (bicyclic) bond motifs is 1. The molecule has 90 valence electrons. The Morgan fingerprint density at radius 1 is 1.41 bits per heavy atom. The number of ether oxygens (including phenoxy) is 1. The van der Waals surface area contributed by atoms with Crippen LogP contribution in [0, 0.1) is 6.92 Å². The van der Waals surface area contributed by atoms with E-state index in [-0.39, 0.29) is 0 Å². The molecule has 0 spiro atoms. The van der Waals surface area contributed by atoms with E-state index < -0.39 is 0 Å². The van der Waals surface area contributed by atoms with Crippen molar-refractivity contribution in [2.75, 3.05) is 21.2 Å². The first-order chi connectivity index (χ1) is 8.10. The average Bonchev–Trinajstić information content (AvgIpc) is 2.68. The summed E-state index contributed by atoms with van der Waals surface area (Å²) < 4.78 is 6.56. The molecule has 0 N–H and O–H groups in total. The van der Waals surface area contributed by atoms with Crippen LogP contribution in [0.5, 0.6) is 0 Å². The molecular formula is C13H16N2OS. The Morgan fingerprint density at radius 2 is 2.18 bits per heavy atom. The predicted molar refractivity (Wildman–Crippen MR) is 73.0 cm³/mol. The van der Waals surface area contributed by atoms with Gasteiger partial charge in [-0.15, -0.1) is 11.3 Å². The highest BCUT2D eigenvalue weighted by molar-refractivity contribution is 7.19. The van der Waals surface area contributed by atoms with Gasteiger partial charge in [0.15, 0.2) is 10.8 Å². The monoisotopic (exact) mass is 248 g/mol. The van der Waals surface area contributed by atoms with Crippen molar-refractivity contribution >= 4 is 27.3 Å². The van der Waals surface area contributed by atoms with E-state index in [0.717, 1.165) is 16.3 Å². The van der Waals surface area contributed by atoms with Gasteiger partial charge in [0.1, 0.15) is 0 Å². The largest absolute Gasteiger partial charge is 0.492 e. The second kappa shape index (κ2) is 4.75. The Labute approximate surface area is 105 Å². The second-order valence-corrected chi connectivity index (χ2v) is 5.18. The summed E-state index contributed by atoms with van der Waals surface area (Å²) in [5.41, 5.74) is 2.26. The van der Waals surface area contributed by atoms with E-state index in [2.05, 4.69) is 30.1 Å². The fourth-order valence-corrected chi connectivity index (χ4v) is 2.51. The molecule has 0 saturated heterocycles. The Balaban J connectivity index is 2.48. The lowest BCUT2D eigenvalue weighted by Crippen LogP contribution is -2.03. The number of benzene rings is 1. The third-order valence-corrected chi connectivity index (χ3v) is 3.40. The zero-order valence-electron chi connectivity index (χ0n) is 10.5. The molecule has 0 unspecified atom stereocenters. The molecule has 0 saturated carbocycles. The Morgan fingerprint density at radius 3 is 2.82 bits per heavy atom. The van der Waals surface area contributed by atoms with Gasteiger partial charge in [0.2, 0.25) is 0 Å². The van der Waals surface area contributed by atoms with Crippen LogP contribution < -0.4 is 0 Å². The number of thiazole rings is 1. The van der Waals surface area contributed by atoms with E-state index in [4.69, 9.17) is 4.74 Å². The molecule has 0 aliphatic carbocycles. The first kappa shape index (κ1) is 11.9. The summed E-state index contributed by atoms with van der Waals surface area (Å²) in [7, 11) is 5.61. The van der Waals surface area contributed by atoms with Crippen molar-refractivity contribution in [3.05, 3.63) is 35.0 Å². The normalized spacial score (nSPS) is 11.9. The van der Waals surface area contributed by atoms with Gasteiger partial charge in [-0.05, 0) is 24.6 Å². The van der Waals surface area contributed by atoms with Gasteiger partial charge in [-0.2, -0.15) is 0 Å². The van der Waals surface area contributed by atoms with E-state index in [9.17, 15) is 0 Å². The topological polar surface area (TPSA) is 25.4 Å². The van der Waals surface area contributed by atoms with Gasteiger partial charge in [-0.1, -0.05) is 6.07 Å². The lowest BCUT2D eigenvalue weighted by atomic mass is 10.2. The van der Waals surface area contributed by atoms with Crippen molar-refractivity contribution in [1.82, 2.24) is 9.88 Å². The summed E-state index contributed by atoms with van der Waals surface area (Å²) in [6.45, 7) is 2.07. The maximum Gasteiger partial charge on any atom is 0.170 e. The van der Waals surface area contributed by atoms with Crippen molar-refractivity contribution in [2.24, 2.45) is 0 Å². The number of methoxy groups -OCH3 is 1. The quantitative estimate of drug-likeness (QED) is 0.780. The number of rotatable bonds is 3. The van der Waals surface area contributed by atoms with E-state index in [1.54, 1.807) is 18.4 Å².